The predicted octanol–water partition coefficient (Wildman–Crippen LogP) is 3.17. The van der Waals surface area contributed by atoms with E-state index in [1.807, 2.05) is 0 Å². The highest BCUT2D eigenvalue weighted by Crippen LogP contribution is 2.37. The van der Waals surface area contributed by atoms with Gasteiger partial charge in [-0.1, -0.05) is 17.5 Å². The van der Waals surface area contributed by atoms with Crippen LogP contribution in [0.3, 0.4) is 0 Å². The number of terminal acetylenes is 1. The van der Waals surface area contributed by atoms with Crippen LogP contribution in [0.4, 0.5) is 5.69 Å². The zero-order valence-corrected chi connectivity index (χ0v) is 15.1. The van der Waals surface area contributed by atoms with Gasteiger partial charge < -0.3 is 14.2 Å². The van der Waals surface area contributed by atoms with Crippen LogP contribution in [0.2, 0.25) is 5.02 Å². The van der Waals surface area contributed by atoms with Gasteiger partial charge in [-0.15, -0.1) is 6.42 Å². The van der Waals surface area contributed by atoms with Gasteiger partial charge in [0.1, 0.15) is 23.9 Å². The molecule has 1 N–H and O–H groups in total. The number of hydrogen-bond acceptors (Lipinski definition) is 5. The molecular formula is C17H16ClNO5S. The van der Waals surface area contributed by atoms with Crippen molar-refractivity contribution in [3.63, 3.8) is 0 Å². The molecule has 0 aliphatic heterocycles. The van der Waals surface area contributed by atoms with E-state index in [2.05, 4.69) is 10.6 Å². The molecule has 0 amide bonds. The van der Waals surface area contributed by atoms with Crippen molar-refractivity contribution in [3.05, 3.63) is 41.4 Å². The Morgan fingerprint density at radius 3 is 2.32 bits per heavy atom. The van der Waals surface area contributed by atoms with Crippen LogP contribution >= 0.6 is 11.6 Å². The molecule has 6 nitrogen and oxygen atoms in total. The van der Waals surface area contributed by atoms with Gasteiger partial charge in [-0.25, -0.2) is 8.42 Å². The summed E-state index contributed by atoms with van der Waals surface area (Å²) in [5, 5.41) is 0.303. The Bertz CT molecular complexity index is 888. The Morgan fingerprint density at radius 1 is 1.12 bits per heavy atom. The molecule has 0 aliphatic carbocycles. The topological polar surface area (TPSA) is 73.9 Å². The minimum Gasteiger partial charge on any atom is -0.495 e. The third kappa shape index (κ3) is 4.50. The van der Waals surface area contributed by atoms with Crippen LogP contribution < -0.4 is 18.9 Å². The third-order valence-corrected chi connectivity index (χ3v) is 4.85. The molecule has 0 aromatic heterocycles. The quantitative estimate of drug-likeness (QED) is 0.746. The molecular weight excluding hydrogens is 366 g/mol. The summed E-state index contributed by atoms with van der Waals surface area (Å²) >= 11 is 6.02. The summed E-state index contributed by atoms with van der Waals surface area (Å²) in [4.78, 5) is 0.0523. The standard InChI is InChI=1S/C17H16ClNO5S/c1-4-9-24-12-5-7-13(8-6-12)25(20,21)19-15-11-16(22-2)14(18)10-17(15)23-3/h1,5-8,10-11,19H,9H2,2-3H3. The molecule has 0 saturated heterocycles. The molecule has 132 valence electrons. The van der Waals surface area contributed by atoms with E-state index in [1.165, 1.54) is 50.6 Å². The molecule has 2 aromatic carbocycles. The van der Waals surface area contributed by atoms with Crippen molar-refractivity contribution in [1.29, 1.82) is 0 Å². The third-order valence-electron chi connectivity index (χ3n) is 3.17. The first-order valence-corrected chi connectivity index (χ1v) is 8.88. The Kier molecular flexibility index (Phi) is 6.02. The van der Waals surface area contributed by atoms with E-state index in [-0.39, 0.29) is 22.9 Å². The van der Waals surface area contributed by atoms with Crippen LogP contribution in [0.25, 0.3) is 0 Å². The Labute approximate surface area is 151 Å². The first kappa shape index (κ1) is 18.8. The molecule has 2 aromatic rings. The molecule has 0 unspecified atom stereocenters. The zero-order chi connectivity index (χ0) is 18.4. The van der Waals surface area contributed by atoms with Crippen molar-refractivity contribution < 1.29 is 22.6 Å². The van der Waals surface area contributed by atoms with E-state index in [0.717, 1.165) is 0 Å². The van der Waals surface area contributed by atoms with Gasteiger partial charge in [-0.2, -0.15) is 0 Å². The summed E-state index contributed by atoms with van der Waals surface area (Å²) in [5.74, 6) is 3.39. The average Bonchev–Trinajstić information content (AvgIpc) is 2.61. The number of methoxy groups -OCH3 is 2. The van der Waals surface area contributed by atoms with Crippen LogP contribution in [0.15, 0.2) is 41.3 Å². The predicted molar refractivity (Wildman–Crippen MR) is 96.1 cm³/mol. The van der Waals surface area contributed by atoms with Crippen molar-refractivity contribution in [3.8, 4) is 29.6 Å². The number of sulfonamides is 1. The first-order valence-electron chi connectivity index (χ1n) is 7.02. The van der Waals surface area contributed by atoms with E-state index in [1.54, 1.807) is 0 Å². The lowest BCUT2D eigenvalue weighted by molar-refractivity contribution is 0.370. The van der Waals surface area contributed by atoms with Crippen LogP contribution in [0, 0.1) is 12.3 Å². The van der Waals surface area contributed by atoms with Crippen molar-refractivity contribution in [2.75, 3.05) is 25.5 Å². The Morgan fingerprint density at radius 2 is 1.76 bits per heavy atom. The van der Waals surface area contributed by atoms with E-state index in [0.29, 0.717) is 16.5 Å². The highest BCUT2D eigenvalue weighted by molar-refractivity contribution is 7.92. The van der Waals surface area contributed by atoms with Gasteiger partial charge in [0, 0.05) is 12.1 Å². The zero-order valence-electron chi connectivity index (χ0n) is 13.6. The molecule has 0 fully saturated rings. The molecule has 0 spiro atoms. The van der Waals surface area contributed by atoms with Gasteiger partial charge in [0.15, 0.2) is 0 Å². The average molecular weight is 382 g/mol. The maximum absolute atomic E-state index is 12.6. The van der Waals surface area contributed by atoms with E-state index in [4.69, 9.17) is 32.2 Å². The lowest BCUT2D eigenvalue weighted by Gasteiger charge is -2.14. The van der Waals surface area contributed by atoms with Gasteiger partial charge in [0.05, 0.1) is 29.8 Å². The number of ether oxygens (including phenoxy) is 3. The smallest absolute Gasteiger partial charge is 0.262 e. The summed E-state index contributed by atoms with van der Waals surface area (Å²) in [7, 11) is -1.00. The number of rotatable bonds is 7. The molecule has 8 heteroatoms. The summed E-state index contributed by atoms with van der Waals surface area (Å²) in [6, 6.07) is 8.77. The minimum atomic E-state index is -3.85. The summed E-state index contributed by atoms with van der Waals surface area (Å²) < 4.78 is 43.1. The monoisotopic (exact) mass is 381 g/mol. The van der Waals surface area contributed by atoms with Crippen LogP contribution in [0.5, 0.6) is 17.2 Å². The molecule has 0 radical (unpaired) electrons. The maximum atomic E-state index is 12.6. The van der Waals surface area contributed by atoms with Gasteiger partial charge in [-0.05, 0) is 24.3 Å². The largest absolute Gasteiger partial charge is 0.495 e. The highest BCUT2D eigenvalue weighted by atomic mass is 35.5. The molecule has 0 heterocycles. The van der Waals surface area contributed by atoms with Crippen molar-refractivity contribution >= 4 is 27.3 Å². The Balaban J connectivity index is 2.31. The van der Waals surface area contributed by atoms with Crippen LogP contribution in [0.1, 0.15) is 0 Å². The normalized spacial score (nSPS) is 10.6. The van der Waals surface area contributed by atoms with Crippen molar-refractivity contribution in [2.45, 2.75) is 4.90 Å². The van der Waals surface area contributed by atoms with Crippen molar-refractivity contribution in [1.82, 2.24) is 0 Å². The van der Waals surface area contributed by atoms with Gasteiger partial charge in [-0.3, -0.25) is 4.72 Å². The lowest BCUT2D eigenvalue weighted by Crippen LogP contribution is -2.13. The van der Waals surface area contributed by atoms with E-state index < -0.39 is 10.0 Å². The molecule has 2 rings (SSSR count). The van der Waals surface area contributed by atoms with Crippen LogP contribution in [-0.4, -0.2) is 29.2 Å². The van der Waals surface area contributed by atoms with Gasteiger partial charge in [0.2, 0.25) is 0 Å². The molecule has 25 heavy (non-hydrogen) atoms. The number of nitrogens with one attached hydrogen (secondary N) is 1. The number of hydrogen-bond donors (Lipinski definition) is 1. The molecule has 0 atom stereocenters. The second kappa shape index (κ2) is 8.01. The maximum Gasteiger partial charge on any atom is 0.262 e. The fourth-order valence-corrected chi connectivity index (χ4v) is 3.28. The number of anilines is 1. The summed E-state index contributed by atoms with van der Waals surface area (Å²) in [5.41, 5.74) is 0.205. The fraction of sp³-hybridized carbons (Fsp3) is 0.176. The summed E-state index contributed by atoms with van der Waals surface area (Å²) in [6.07, 6.45) is 5.11. The first-order chi connectivity index (χ1) is 11.9. The van der Waals surface area contributed by atoms with Crippen molar-refractivity contribution in [2.24, 2.45) is 0 Å². The van der Waals surface area contributed by atoms with Crippen LogP contribution in [-0.2, 0) is 10.0 Å². The second-order valence-corrected chi connectivity index (χ2v) is 6.85. The van der Waals surface area contributed by atoms with Gasteiger partial charge in [0.25, 0.3) is 10.0 Å². The molecule has 0 bridgehead atoms. The highest BCUT2D eigenvalue weighted by Gasteiger charge is 2.18. The second-order valence-electron chi connectivity index (χ2n) is 4.76. The van der Waals surface area contributed by atoms with Gasteiger partial charge >= 0.3 is 0 Å². The summed E-state index contributed by atoms with van der Waals surface area (Å²) in [6.45, 7) is 0.103. The van der Waals surface area contributed by atoms with E-state index >= 15 is 0 Å². The Hall–Kier alpha value is -2.56. The van der Waals surface area contributed by atoms with E-state index in [9.17, 15) is 8.42 Å². The lowest BCUT2D eigenvalue weighted by atomic mass is 10.3. The SMILES string of the molecule is C#CCOc1ccc(S(=O)(=O)Nc2cc(OC)c(Cl)cc2OC)cc1. The minimum absolute atomic E-state index is 0.0523. The fourth-order valence-electron chi connectivity index (χ4n) is 1.98. The number of benzene rings is 2. The molecule has 0 aliphatic rings. The molecule has 0 saturated carbocycles. The number of halogens is 1.